The van der Waals surface area contributed by atoms with Gasteiger partial charge in [-0.1, -0.05) is 170 Å². The minimum Gasteiger partial charge on any atom is -0.208 e. The molecule has 49 heavy (non-hydrogen) atoms. The monoisotopic (exact) mass is 623 g/mol. The van der Waals surface area contributed by atoms with Crippen LogP contribution in [0.3, 0.4) is 0 Å². The van der Waals surface area contributed by atoms with Crippen LogP contribution in [0.2, 0.25) is 0 Å². The lowest BCUT2D eigenvalue weighted by Gasteiger charge is -2.35. The summed E-state index contributed by atoms with van der Waals surface area (Å²) in [6.07, 6.45) is 0. The van der Waals surface area contributed by atoms with E-state index in [2.05, 4.69) is 140 Å². The molecule has 0 saturated heterocycles. The predicted molar refractivity (Wildman–Crippen MR) is 198 cm³/mol. The molecule has 1 aromatic heterocycles. The summed E-state index contributed by atoms with van der Waals surface area (Å²) < 4.78 is 0. The number of hydrogen-bond donors (Lipinski definition) is 0. The largest absolute Gasteiger partial charge is 0.208 e. The Balaban J connectivity index is 1.29. The van der Waals surface area contributed by atoms with Crippen LogP contribution in [0.5, 0.6) is 0 Å². The van der Waals surface area contributed by atoms with E-state index in [1.807, 2.05) is 36.4 Å². The summed E-state index contributed by atoms with van der Waals surface area (Å²) in [6.45, 7) is 0. The molecule has 2 aliphatic rings. The van der Waals surface area contributed by atoms with Crippen molar-refractivity contribution >= 4 is 0 Å². The Morgan fingerprint density at radius 2 is 0.612 bits per heavy atom. The number of fused-ring (bicyclic) bond motifs is 12. The van der Waals surface area contributed by atoms with Gasteiger partial charge < -0.3 is 0 Å². The van der Waals surface area contributed by atoms with Crippen LogP contribution in [0.1, 0.15) is 22.3 Å². The average molecular weight is 624 g/mol. The van der Waals surface area contributed by atoms with Gasteiger partial charge in [0.2, 0.25) is 0 Å². The highest BCUT2D eigenvalue weighted by Gasteiger charge is 2.49. The number of nitrogens with zero attached hydrogens (tertiary/aromatic N) is 3. The molecule has 10 rings (SSSR count). The number of rotatable bonds is 3. The van der Waals surface area contributed by atoms with E-state index in [1.165, 1.54) is 55.6 Å². The highest BCUT2D eigenvalue weighted by molar-refractivity contribution is 5.97. The molecule has 0 fully saturated rings. The van der Waals surface area contributed by atoms with Crippen molar-refractivity contribution in [1.82, 2.24) is 15.0 Å². The topological polar surface area (TPSA) is 38.7 Å². The molecule has 0 unspecified atom stereocenters. The molecular weight excluding hydrogens is 595 g/mol. The molecule has 0 bridgehead atoms. The molecule has 0 saturated carbocycles. The van der Waals surface area contributed by atoms with E-state index in [1.54, 1.807) is 0 Å². The third-order valence-corrected chi connectivity index (χ3v) is 10.2. The lowest BCUT2D eigenvalue weighted by Crippen LogP contribution is -2.29. The van der Waals surface area contributed by atoms with Crippen LogP contribution in [-0.4, -0.2) is 15.0 Å². The van der Waals surface area contributed by atoms with Gasteiger partial charge in [-0.05, 0) is 61.7 Å². The van der Waals surface area contributed by atoms with Crippen LogP contribution in [0.15, 0.2) is 176 Å². The van der Waals surface area contributed by atoms with Crippen LogP contribution in [0, 0.1) is 0 Å². The maximum atomic E-state index is 5.12. The second-order valence-electron chi connectivity index (χ2n) is 12.7. The summed E-state index contributed by atoms with van der Waals surface area (Å²) >= 11 is 0. The molecular formula is C46H29N3. The molecule has 1 heterocycles. The maximum absolute atomic E-state index is 5.12. The first-order chi connectivity index (χ1) is 24.3. The molecule has 7 aromatic carbocycles. The van der Waals surface area contributed by atoms with Crippen molar-refractivity contribution in [2.45, 2.75) is 5.41 Å². The van der Waals surface area contributed by atoms with Crippen molar-refractivity contribution in [1.29, 1.82) is 0 Å². The van der Waals surface area contributed by atoms with Gasteiger partial charge in [0, 0.05) is 16.7 Å². The lowest BCUT2D eigenvalue weighted by molar-refractivity contribution is 0.775. The maximum Gasteiger partial charge on any atom is 0.164 e. The smallest absolute Gasteiger partial charge is 0.164 e. The third kappa shape index (κ3) is 4.06. The van der Waals surface area contributed by atoms with E-state index in [-0.39, 0.29) is 0 Å². The molecule has 3 heteroatoms. The Kier molecular flexibility index (Phi) is 6.09. The summed E-state index contributed by atoms with van der Waals surface area (Å²) in [4.78, 5) is 15.2. The van der Waals surface area contributed by atoms with Crippen LogP contribution >= 0.6 is 0 Å². The SMILES string of the molecule is c1ccc(-c2nc(-c3ccccc3)nc(-c3ccc4c(c3)C3(c5ccccc5-c5ccccc5-c5ccccc53)c3ccccc3-4)n2)cc1. The highest BCUT2D eigenvalue weighted by atomic mass is 15.0. The minimum atomic E-state index is -0.564. The second-order valence-corrected chi connectivity index (χ2v) is 12.7. The fourth-order valence-corrected chi connectivity index (χ4v) is 8.12. The first-order valence-corrected chi connectivity index (χ1v) is 16.7. The Hall–Kier alpha value is -6.45. The molecule has 0 aliphatic heterocycles. The van der Waals surface area contributed by atoms with E-state index < -0.39 is 5.41 Å². The molecule has 228 valence electrons. The van der Waals surface area contributed by atoms with Crippen molar-refractivity contribution in [3.63, 3.8) is 0 Å². The fourth-order valence-electron chi connectivity index (χ4n) is 8.12. The van der Waals surface area contributed by atoms with Gasteiger partial charge in [-0.15, -0.1) is 0 Å². The van der Waals surface area contributed by atoms with Gasteiger partial charge in [0.1, 0.15) is 0 Å². The predicted octanol–water partition coefficient (Wildman–Crippen LogP) is 10.9. The zero-order chi connectivity index (χ0) is 32.4. The Bertz CT molecular complexity index is 2430. The van der Waals surface area contributed by atoms with E-state index in [0.717, 1.165) is 16.7 Å². The van der Waals surface area contributed by atoms with Gasteiger partial charge in [0.15, 0.2) is 17.5 Å². The Morgan fingerprint density at radius 1 is 0.265 bits per heavy atom. The summed E-state index contributed by atoms with van der Waals surface area (Å²) in [7, 11) is 0. The molecule has 3 nitrogen and oxygen atoms in total. The lowest BCUT2D eigenvalue weighted by atomic mass is 9.66. The van der Waals surface area contributed by atoms with E-state index in [0.29, 0.717) is 17.5 Å². The molecule has 0 N–H and O–H groups in total. The second kappa shape index (κ2) is 10.8. The first-order valence-electron chi connectivity index (χ1n) is 16.7. The Morgan fingerprint density at radius 3 is 1.08 bits per heavy atom. The number of aromatic nitrogens is 3. The molecule has 8 aromatic rings. The van der Waals surface area contributed by atoms with E-state index in [9.17, 15) is 0 Å². The number of benzene rings is 7. The van der Waals surface area contributed by atoms with Gasteiger partial charge >= 0.3 is 0 Å². The zero-order valence-corrected chi connectivity index (χ0v) is 26.6. The van der Waals surface area contributed by atoms with Crippen LogP contribution in [-0.2, 0) is 5.41 Å². The highest BCUT2D eigenvalue weighted by Crippen LogP contribution is 2.61. The summed E-state index contributed by atoms with van der Waals surface area (Å²) in [6, 6.07) is 62.9. The van der Waals surface area contributed by atoms with Crippen LogP contribution in [0.25, 0.3) is 67.5 Å². The van der Waals surface area contributed by atoms with Crippen LogP contribution < -0.4 is 0 Å². The van der Waals surface area contributed by atoms with Gasteiger partial charge in [-0.3, -0.25) is 0 Å². The van der Waals surface area contributed by atoms with Crippen molar-refractivity contribution in [3.05, 3.63) is 198 Å². The Labute approximate surface area is 285 Å². The fraction of sp³-hybridized carbons (Fsp3) is 0.0217. The van der Waals surface area contributed by atoms with Crippen molar-refractivity contribution in [2.24, 2.45) is 0 Å². The van der Waals surface area contributed by atoms with Gasteiger partial charge in [0.25, 0.3) is 0 Å². The van der Waals surface area contributed by atoms with Crippen molar-refractivity contribution in [3.8, 4) is 67.5 Å². The third-order valence-electron chi connectivity index (χ3n) is 10.2. The number of hydrogen-bond acceptors (Lipinski definition) is 3. The summed E-state index contributed by atoms with van der Waals surface area (Å²) in [5.74, 6) is 1.97. The van der Waals surface area contributed by atoms with Crippen LogP contribution in [0.4, 0.5) is 0 Å². The minimum absolute atomic E-state index is 0.564. The van der Waals surface area contributed by atoms with Crippen molar-refractivity contribution in [2.75, 3.05) is 0 Å². The van der Waals surface area contributed by atoms with Gasteiger partial charge in [-0.2, -0.15) is 0 Å². The first kappa shape index (κ1) is 27.6. The van der Waals surface area contributed by atoms with Gasteiger partial charge in [-0.25, -0.2) is 15.0 Å². The van der Waals surface area contributed by atoms with E-state index >= 15 is 0 Å². The molecule has 0 radical (unpaired) electrons. The average Bonchev–Trinajstić information content (AvgIpc) is 3.42. The molecule has 1 spiro atoms. The standard InChI is InChI=1S/C46H29N3/c1-3-15-30(16-4-1)43-47-44(31-17-5-2-6-18-31)49-45(48-43)32-27-28-38-37-23-11-14-26-41(37)46(42(38)29-32)39-24-12-9-21-35(39)33-19-7-8-20-34(33)36-22-10-13-25-40(36)46/h1-29H. The quantitative estimate of drug-likeness (QED) is 0.197. The van der Waals surface area contributed by atoms with Crippen molar-refractivity contribution < 1.29 is 0 Å². The molecule has 0 amide bonds. The van der Waals surface area contributed by atoms with Gasteiger partial charge in [0.05, 0.1) is 5.41 Å². The zero-order valence-electron chi connectivity index (χ0n) is 26.6. The summed E-state index contributed by atoms with van der Waals surface area (Å²) in [5.41, 5.74) is 14.9. The molecule has 0 atom stereocenters. The van der Waals surface area contributed by atoms with E-state index in [4.69, 9.17) is 15.0 Å². The normalized spacial score (nSPS) is 13.1. The molecule has 2 aliphatic carbocycles. The summed E-state index contributed by atoms with van der Waals surface area (Å²) in [5, 5.41) is 0.